The number of aromatic nitrogens is 2. The van der Waals surface area contributed by atoms with E-state index < -0.39 is 0 Å². The molecule has 1 N–H and O–H groups in total. The third-order valence-electron chi connectivity index (χ3n) is 1.61. The van der Waals surface area contributed by atoms with E-state index in [4.69, 9.17) is 11.6 Å². The molecule has 0 aliphatic heterocycles. The van der Waals surface area contributed by atoms with Crippen molar-refractivity contribution in [1.82, 2.24) is 9.97 Å². The number of halogens is 1. The van der Waals surface area contributed by atoms with E-state index in [1.54, 1.807) is 19.0 Å². The van der Waals surface area contributed by atoms with Gasteiger partial charge in [-0.3, -0.25) is 14.9 Å². The Morgan fingerprint density at radius 3 is 2.47 bits per heavy atom. The molecule has 1 rings (SSSR count). The standard InChI is InChI=1S/C8H9ClN4O2/c1-13(2)7-5(3-14)6(9)11-8(12-7)10-4-15/h3-4H,1-2H3,(H,10,11,12,15). The number of nitrogens with zero attached hydrogens (tertiary/aromatic N) is 3. The van der Waals surface area contributed by atoms with Gasteiger partial charge in [0.15, 0.2) is 6.29 Å². The zero-order valence-corrected chi connectivity index (χ0v) is 8.95. The first kappa shape index (κ1) is 11.4. The summed E-state index contributed by atoms with van der Waals surface area (Å²) in [5.41, 5.74) is 0.193. The molecule has 0 aliphatic carbocycles. The number of rotatable bonds is 4. The molecule has 0 fully saturated rings. The van der Waals surface area contributed by atoms with Gasteiger partial charge in [-0.15, -0.1) is 0 Å². The van der Waals surface area contributed by atoms with Crippen LogP contribution in [0, 0.1) is 0 Å². The van der Waals surface area contributed by atoms with Crippen LogP contribution in [0.3, 0.4) is 0 Å². The van der Waals surface area contributed by atoms with Gasteiger partial charge in [-0.1, -0.05) is 11.6 Å². The molecule has 6 nitrogen and oxygen atoms in total. The van der Waals surface area contributed by atoms with Gasteiger partial charge in [0.05, 0.1) is 5.56 Å². The van der Waals surface area contributed by atoms with Gasteiger partial charge in [-0.05, 0) is 0 Å². The van der Waals surface area contributed by atoms with Gasteiger partial charge in [0.1, 0.15) is 11.0 Å². The molecule has 0 saturated carbocycles. The van der Waals surface area contributed by atoms with Crippen LogP contribution in [0.15, 0.2) is 0 Å². The fourth-order valence-electron chi connectivity index (χ4n) is 0.990. The van der Waals surface area contributed by atoms with Gasteiger partial charge in [0, 0.05) is 14.1 Å². The summed E-state index contributed by atoms with van der Waals surface area (Å²) in [6.45, 7) is 0. The molecule has 0 radical (unpaired) electrons. The fraction of sp³-hybridized carbons (Fsp3) is 0.250. The molecule has 1 amide bonds. The van der Waals surface area contributed by atoms with Crippen LogP contribution in [0.25, 0.3) is 0 Å². The van der Waals surface area contributed by atoms with Gasteiger partial charge >= 0.3 is 0 Å². The van der Waals surface area contributed by atoms with Crippen molar-refractivity contribution >= 4 is 36.1 Å². The van der Waals surface area contributed by atoms with Crippen molar-refractivity contribution in [2.75, 3.05) is 24.3 Å². The Labute approximate surface area is 91.3 Å². The van der Waals surface area contributed by atoms with Crippen molar-refractivity contribution in [1.29, 1.82) is 0 Å². The van der Waals surface area contributed by atoms with Gasteiger partial charge in [-0.25, -0.2) is 0 Å². The van der Waals surface area contributed by atoms with E-state index in [0.717, 1.165) is 0 Å². The number of carbonyl (C=O) groups is 2. The zero-order chi connectivity index (χ0) is 11.4. The second kappa shape index (κ2) is 4.70. The maximum absolute atomic E-state index is 10.7. The Balaban J connectivity index is 3.31. The molecule has 7 heteroatoms. The second-order valence-corrected chi connectivity index (χ2v) is 3.21. The van der Waals surface area contributed by atoms with Crippen LogP contribution >= 0.6 is 11.6 Å². The summed E-state index contributed by atoms with van der Waals surface area (Å²) in [6, 6.07) is 0. The molecule has 0 atom stereocenters. The van der Waals surface area contributed by atoms with Crippen molar-refractivity contribution < 1.29 is 9.59 Å². The van der Waals surface area contributed by atoms with E-state index >= 15 is 0 Å². The van der Waals surface area contributed by atoms with Crippen LogP contribution in [0.2, 0.25) is 5.15 Å². The quantitative estimate of drug-likeness (QED) is 0.603. The summed E-state index contributed by atoms with van der Waals surface area (Å²) < 4.78 is 0. The summed E-state index contributed by atoms with van der Waals surface area (Å²) in [5, 5.41) is 2.27. The maximum Gasteiger partial charge on any atom is 0.232 e. The molecule has 1 aromatic rings. The van der Waals surface area contributed by atoms with E-state index in [1.807, 2.05) is 0 Å². The number of nitrogens with one attached hydrogen (secondary N) is 1. The Bertz CT molecular complexity index is 394. The van der Waals surface area contributed by atoms with Gasteiger partial charge in [-0.2, -0.15) is 9.97 Å². The largest absolute Gasteiger partial charge is 0.362 e. The van der Waals surface area contributed by atoms with E-state index in [-0.39, 0.29) is 16.7 Å². The number of amides is 1. The minimum atomic E-state index is 0.00745. The highest BCUT2D eigenvalue weighted by molar-refractivity contribution is 6.32. The molecule has 0 aliphatic rings. The second-order valence-electron chi connectivity index (χ2n) is 2.85. The van der Waals surface area contributed by atoms with Crippen LogP contribution in [0.4, 0.5) is 11.8 Å². The predicted molar refractivity (Wildman–Crippen MR) is 56.4 cm³/mol. The molecular formula is C8H9ClN4O2. The molecule has 0 spiro atoms. The first-order valence-corrected chi connectivity index (χ1v) is 4.38. The van der Waals surface area contributed by atoms with Crippen molar-refractivity contribution in [3.05, 3.63) is 10.7 Å². The summed E-state index contributed by atoms with van der Waals surface area (Å²) in [6.07, 6.45) is 1.01. The number of hydrogen-bond donors (Lipinski definition) is 1. The Morgan fingerprint density at radius 1 is 1.33 bits per heavy atom. The van der Waals surface area contributed by atoms with Crippen LogP contribution in [0.5, 0.6) is 0 Å². The number of carbonyl (C=O) groups excluding carboxylic acids is 2. The zero-order valence-electron chi connectivity index (χ0n) is 8.19. The van der Waals surface area contributed by atoms with Crippen LogP contribution in [0.1, 0.15) is 10.4 Å². The lowest BCUT2D eigenvalue weighted by atomic mass is 10.3. The smallest absolute Gasteiger partial charge is 0.232 e. The summed E-state index contributed by atoms with van der Waals surface area (Å²) in [7, 11) is 3.41. The van der Waals surface area contributed by atoms with Crippen molar-refractivity contribution in [3.63, 3.8) is 0 Å². The first-order valence-electron chi connectivity index (χ1n) is 4.00. The number of anilines is 2. The van der Waals surface area contributed by atoms with Gasteiger partial charge in [0.2, 0.25) is 12.4 Å². The molecule has 1 aromatic heterocycles. The average molecular weight is 229 g/mol. The minimum Gasteiger partial charge on any atom is -0.362 e. The Morgan fingerprint density at radius 2 is 2.00 bits per heavy atom. The summed E-state index contributed by atoms with van der Waals surface area (Å²) >= 11 is 5.75. The van der Waals surface area contributed by atoms with Crippen molar-refractivity contribution in [2.45, 2.75) is 0 Å². The van der Waals surface area contributed by atoms with Crippen LogP contribution in [-0.2, 0) is 4.79 Å². The lowest BCUT2D eigenvalue weighted by Crippen LogP contribution is -2.15. The molecule has 0 unspecified atom stereocenters. The van der Waals surface area contributed by atoms with Gasteiger partial charge < -0.3 is 4.90 Å². The lowest BCUT2D eigenvalue weighted by Gasteiger charge is -2.14. The fourth-order valence-corrected chi connectivity index (χ4v) is 1.20. The molecule has 15 heavy (non-hydrogen) atoms. The van der Waals surface area contributed by atoms with E-state index in [1.165, 1.54) is 0 Å². The lowest BCUT2D eigenvalue weighted by molar-refractivity contribution is -0.105. The molecule has 0 saturated heterocycles. The van der Waals surface area contributed by atoms with E-state index in [9.17, 15) is 9.59 Å². The molecule has 1 heterocycles. The number of hydrogen-bond acceptors (Lipinski definition) is 5. The minimum absolute atomic E-state index is 0.00745. The van der Waals surface area contributed by atoms with E-state index in [2.05, 4.69) is 15.3 Å². The van der Waals surface area contributed by atoms with Crippen molar-refractivity contribution in [3.8, 4) is 0 Å². The molecule has 0 bridgehead atoms. The third kappa shape index (κ3) is 2.41. The molecule has 0 aromatic carbocycles. The highest BCUT2D eigenvalue weighted by atomic mass is 35.5. The Kier molecular flexibility index (Phi) is 3.56. The topological polar surface area (TPSA) is 75.2 Å². The third-order valence-corrected chi connectivity index (χ3v) is 1.90. The molecule has 80 valence electrons. The van der Waals surface area contributed by atoms with E-state index in [0.29, 0.717) is 18.5 Å². The van der Waals surface area contributed by atoms with Crippen LogP contribution < -0.4 is 10.2 Å². The van der Waals surface area contributed by atoms with Crippen LogP contribution in [-0.4, -0.2) is 36.8 Å². The monoisotopic (exact) mass is 228 g/mol. The predicted octanol–water partition coefficient (Wildman–Crippen LogP) is 0.577. The SMILES string of the molecule is CN(C)c1nc(NC=O)nc(Cl)c1C=O. The average Bonchev–Trinajstić information content (AvgIpc) is 2.17. The Hall–Kier alpha value is -1.69. The highest BCUT2D eigenvalue weighted by Gasteiger charge is 2.13. The maximum atomic E-state index is 10.7. The summed E-state index contributed by atoms with van der Waals surface area (Å²) in [5.74, 6) is 0.415. The van der Waals surface area contributed by atoms with Gasteiger partial charge in [0.25, 0.3) is 0 Å². The highest BCUT2D eigenvalue weighted by Crippen LogP contribution is 2.22. The first-order chi connectivity index (χ1) is 7.10. The molecular weight excluding hydrogens is 220 g/mol. The normalized spacial score (nSPS) is 9.53. The van der Waals surface area contributed by atoms with Crippen molar-refractivity contribution in [2.24, 2.45) is 0 Å². The number of aldehydes is 1. The summed E-state index contributed by atoms with van der Waals surface area (Å²) in [4.78, 5) is 30.2.